The van der Waals surface area contributed by atoms with Gasteiger partial charge in [-0.3, -0.25) is 9.00 Å². The molecule has 0 radical (unpaired) electrons. The Morgan fingerprint density at radius 2 is 1.95 bits per heavy atom. The van der Waals surface area contributed by atoms with Crippen molar-refractivity contribution in [2.24, 2.45) is 0 Å². The van der Waals surface area contributed by atoms with E-state index in [2.05, 4.69) is 0 Å². The molecule has 1 aromatic rings. The molecule has 2 aliphatic heterocycles. The highest BCUT2D eigenvalue weighted by Crippen LogP contribution is 2.41. The summed E-state index contributed by atoms with van der Waals surface area (Å²) < 4.78 is 22.7. The van der Waals surface area contributed by atoms with Crippen molar-refractivity contribution in [3.8, 4) is 11.5 Å². The maximum absolute atomic E-state index is 12.1. The van der Waals surface area contributed by atoms with Crippen LogP contribution in [0.1, 0.15) is 16.5 Å². The fraction of sp³-hybridized carbons (Fsp3) is 0.462. The van der Waals surface area contributed by atoms with Gasteiger partial charge in [-0.05, 0) is 29.7 Å². The summed E-state index contributed by atoms with van der Waals surface area (Å²) >= 11 is 0. The lowest BCUT2D eigenvalue weighted by Gasteiger charge is -2.31. The first kappa shape index (κ1) is 12.5. The Morgan fingerprint density at radius 1 is 1.26 bits per heavy atom. The van der Waals surface area contributed by atoms with Crippen molar-refractivity contribution < 1.29 is 18.5 Å². The minimum Gasteiger partial charge on any atom is -0.493 e. The molecule has 1 aromatic carbocycles. The Balaban J connectivity index is 2.12. The average molecular weight is 281 g/mol. The van der Waals surface area contributed by atoms with Crippen LogP contribution in [0.4, 0.5) is 0 Å². The van der Waals surface area contributed by atoms with E-state index in [9.17, 15) is 9.00 Å². The van der Waals surface area contributed by atoms with E-state index < -0.39 is 10.8 Å². The zero-order valence-electron chi connectivity index (χ0n) is 10.8. The topological polar surface area (TPSA) is 55.8 Å². The van der Waals surface area contributed by atoms with Crippen LogP contribution in [0.3, 0.4) is 0 Å². The Bertz CT molecular complexity index is 572. The van der Waals surface area contributed by atoms with E-state index in [0.717, 1.165) is 17.5 Å². The van der Waals surface area contributed by atoms with Gasteiger partial charge in [0, 0.05) is 6.54 Å². The number of rotatable bonds is 2. The standard InChI is InChI=1S/C13H15NO4S/c1-17-10-5-8-3-4-14-12(15)7-19(16)13(14)9(8)6-11(10)18-2/h5-6,13H,3-4,7H2,1-2H3/t13-,19?/m1/s1. The number of nitrogens with zero attached hydrogens (tertiary/aromatic N) is 1. The van der Waals surface area contributed by atoms with E-state index in [-0.39, 0.29) is 17.0 Å². The van der Waals surface area contributed by atoms with Gasteiger partial charge in [-0.25, -0.2) is 0 Å². The molecule has 0 aromatic heterocycles. The monoisotopic (exact) mass is 281 g/mol. The van der Waals surface area contributed by atoms with Crippen LogP contribution in [0.5, 0.6) is 11.5 Å². The predicted octanol–water partition coefficient (Wildman–Crippen LogP) is 0.849. The van der Waals surface area contributed by atoms with Gasteiger partial charge < -0.3 is 14.4 Å². The molecule has 0 N–H and O–H groups in total. The molecule has 2 atom stereocenters. The third-order valence-electron chi connectivity index (χ3n) is 3.65. The molecule has 6 heteroatoms. The maximum Gasteiger partial charge on any atom is 0.236 e. The molecule has 1 amide bonds. The van der Waals surface area contributed by atoms with E-state index in [1.165, 1.54) is 0 Å². The fourth-order valence-corrected chi connectivity index (χ4v) is 4.31. The van der Waals surface area contributed by atoms with E-state index in [0.29, 0.717) is 18.0 Å². The van der Waals surface area contributed by atoms with Crippen LogP contribution in [0, 0.1) is 0 Å². The van der Waals surface area contributed by atoms with Crippen LogP contribution in [-0.4, -0.2) is 41.5 Å². The molecule has 102 valence electrons. The molecular weight excluding hydrogens is 266 g/mol. The second-order valence-corrected chi connectivity index (χ2v) is 6.12. The predicted molar refractivity (Wildman–Crippen MR) is 70.7 cm³/mol. The van der Waals surface area contributed by atoms with Crippen molar-refractivity contribution in [3.63, 3.8) is 0 Å². The highest BCUT2D eigenvalue weighted by Gasteiger charge is 2.42. The largest absolute Gasteiger partial charge is 0.493 e. The van der Waals surface area contributed by atoms with Crippen molar-refractivity contribution in [3.05, 3.63) is 23.3 Å². The van der Waals surface area contributed by atoms with Gasteiger partial charge in [-0.15, -0.1) is 0 Å². The smallest absolute Gasteiger partial charge is 0.236 e. The highest BCUT2D eigenvalue weighted by molar-refractivity contribution is 7.86. The van der Waals surface area contributed by atoms with Gasteiger partial charge in [0.25, 0.3) is 0 Å². The SMILES string of the molecule is COc1cc2c(cc1OC)[C@@H]1N(CC2)C(=O)CS1=O. The van der Waals surface area contributed by atoms with Gasteiger partial charge in [0.1, 0.15) is 11.1 Å². The van der Waals surface area contributed by atoms with Crippen molar-refractivity contribution in [1.82, 2.24) is 4.90 Å². The first-order valence-corrected chi connectivity index (χ1v) is 7.45. The van der Waals surface area contributed by atoms with Gasteiger partial charge in [-0.2, -0.15) is 0 Å². The lowest BCUT2D eigenvalue weighted by molar-refractivity contribution is -0.128. The van der Waals surface area contributed by atoms with Crippen molar-refractivity contribution in [2.75, 3.05) is 26.5 Å². The van der Waals surface area contributed by atoms with Crippen LogP contribution in [-0.2, 0) is 22.0 Å². The van der Waals surface area contributed by atoms with Crippen molar-refractivity contribution in [2.45, 2.75) is 11.8 Å². The molecular formula is C13H15NO4S. The average Bonchev–Trinajstić information content (AvgIpc) is 2.72. The van der Waals surface area contributed by atoms with E-state index >= 15 is 0 Å². The number of benzene rings is 1. The third kappa shape index (κ3) is 1.82. The number of hydrogen-bond donors (Lipinski definition) is 0. The fourth-order valence-electron chi connectivity index (χ4n) is 2.73. The molecule has 0 spiro atoms. The summed E-state index contributed by atoms with van der Waals surface area (Å²) in [6.07, 6.45) is 0.759. The van der Waals surface area contributed by atoms with Crippen molar-refractivity contribution >= 4 is 16.7 Å². The van der Waals surface area contributed by atoms with Crippen LogP contribution in [0.15, 0.2) is 12.1 Å². The first-order chi connectivity index (χ1) is 9.15. The molecule has 0 bridgehead atoms. The number of carbonyl (C=O) groups is 1. The number of methoxy groups -OCH3 is 2. The van der Waals surface area contributed by atoms with E-state index in [1.54, 1.807) is 19.1 Å². The molecule has 2 heterocycles. The van der Waals surface area contributed by atoms with Crippen LogP contribution in [0.25, 0.3) is 0 Å². The lowest BCUT2D eigenvalue weighted by Crippen LogP contribution is -2.35. The van der Waals surface area contributed by atoms with Gasteiger partial charge >= 0.3 is 0 Å². The van der Waals surface area contributed by atoms with E-state index in [4.69, 9.17) is 9.47 Å². The summed E-state index contributed by atoms with van der Waals surface area (Å²) in [6, 6.07) is 3.77. The van der Waals surface area contributed by atoms with E-state index in [1.807, 2.05) is 12.1 Å². The van der Waals surface area contributed by atoms with Gasteiger partial charge in [0.2, 0.25) is 5.91 Å². The van der Waals surface area contributed by atoms with Crippen LogP contribution < -0.4 is 9.47 Å². The Hall–Kier alpha value is -1.56. The minimum absolute atomic E-state index is 0.0243. The molecule has 19 heavy (non-hydrogen) atoms. The summed E-state index contributed by atoms with van der Waals surface area (Å²) in [4.78, 5) is 13.5. The first-order valence-electron chi connectivity index (χ1n) is 6.07. The number of ether oxygens (including phenoxy) is 2. The molecule has 1 saturated heterocycles. The van der Waals surface area contributed by atoms with Crippen molar-refractivity contribution in [1.29, 1.82) is 0 Å². The maximum atomic E-state index is 12.1. The molecule has 2 aliphatic rings. The zero-order valence-corrected chi connectivity index (χ0v) is 11.7. The van der Waals surface area contributed by atoms with Crippen LogP contribution >= 0.6 is 0 Å². The molecule has 1 fully saturated rings. The molecule has 0 saturated carbocycles. The Morgan fingerprint density at radius 3 is 2.63 bits per heavy atom. The van der Waals surface area contributed by atoms with Gasteiger partial charge in [0.15, 0.2) is 11.5 Å². The van der Waals surface area contributed by atoms with Gasteiger partial charge in [0.05, 0.1) is 25.0 Å². The zero-order chi connectivity index (χ0) is 13.6. The summed E-state index contributed by atoms with van der Waals surface area (Å²) in [5, 5.41) is -0.323. The number of fused-ring (bicyclic) bond motifs is 3. The quantitative estimate of drug-likeness (QED) is 0.806. The second-order valence-electron chi connectivity index (χ2n) is 4.62. The number of hydrogen-bond acceptors (Lipinski definition) is 4. The lowest BCUT2D eigenvalue weighted by atomic mass is 9.98. The molecule has 0 aliphatic carbocycles. The highest BCUT2D eigenvalue weighted by atomic mass is 32.2. The Kier molecular flexibility index (Phi) is 2.97. The van der Waals surface area contributed by atoms with Gasteiger partial charge in [-0.1, -0.05) is 0 Å². The summed E-state index contributed by atoms with van der Waals surface area (Å²) in [5.74, 6) is 1.38. The normalized spacial score (nSPS) is 24.9. The molecule has 5 nitrogen and oxygen atoms in total. The Labute approximate surface area is 113 Å². The third-order valence-corrected chi connectivity index (χ3v) is 5.19. The second kappa shape index (κ2) is 4.52. The number of carbonyl (C=O) groups excluding carboxylic acids is 1. The molecule has 1 unspecified atom stereocenters. The summed E-state index contributed by atoms with van der Waals surface area (Å²) in [5.41, 5.74) is 2.01. The van der Waals surface area contributed by atoms with Crippen LogP contribution in [0.2, 0.25) is 0 Å². The molecule has 3 rings (SSSR count). The summed E-state index contributed by atoms with van der Waals surface area (Å²) in [7, 11) is 2.00. The summed E-state index contributed by atoms with van der Waals surface area (Å²) in [6.45, 7) is 0.623. The minimum atomic E-state index is -1.17. The number of amides is 1.